The van der Waals surface area contributed by atoms with E-state index in [-0.39, 0.29) is 12.0 Å². The van der Waals surface area contributed by atoms with Gasteiger partial charge in [0.25, 0.3) is 0 Å². The van der Waals surface area contributed by atoms with Crippen LogP contribution in [0.3, 0.4) is 0 Å². The van der Waals surface area contributed by atoms with Crippen LogP contribution in [0.2, 0.25) is 0 Å². The van der Waals surface area contributed by atoms with Crippen molar-refractivity contribution >= 4 is 5.97 Å². The van der Waals surface area contributed by atoms with Crippen molar-refractivity contribution in [2.75, 3.05) is 7.11 Å². The van der Waals surface area contributed by atoms with Crippen molar-refractivity contribution in [2.24, 2.45) is 17.6 Å². The zero-order valence-corrected chi connectivity index (χ0v) is 15.0. The maximum Gasteiger partial charge on any atom is 0.308 e. The number of carboxylic acids is 1. The van der Waals surface area contributed by atoms with Crippen molar-refractivity contribution in [1.29, 1.82) is 0 Å². The SMILES string of the molecule is COC(Cc1ccccc1)C(C)/C=C(C)/C=C/C(N)C(C)C(=O)O. The lowest BCUT2D eigenvalue weighted by Gasteiger charge is -2.21. The number of rotatable bonds is 9. The van der Waals surface area contributed by atoms with Gasteiger partial charge >= 0.3 is 5.97 Å². The molecular weight excluding hydrogens is 302 g/mol. The van der Waals surface area contributed by atoms with Crippen LogP contribution in [-0.2, 0) is 16.0 Å². The number of ether oxygens (including phenoxy) is 1. The fourth-order valence-electron chi connectivity index (χ4n) is 2.50. The lowest BCUT2D eigenvalue weighted by molar-refractivity contribution is -0.141. The number of hydrogen-bond acceptors (Lipinski definition) is 3. The summed E-state index contributed by atoms with van der Waals surface area (Å²) in [4.78, 5) is 10.9. The molecule has 0 spiro atoms. The van der Waals surface area contributed by atoms with Crippen molar-refractivity contribution in [1.82, 2.24) is 0 Å². The van der Waals surface area contributed by atoms with E-state index >= 15 is 0 Å². The first-order chi connectivity index (χ1) is 11.3. The zero-order chi connectivity index (χ0) is 18.1. The van der Waals surface area contributed by atoms with Crippen molar-refractivity contribution in [3.05, 3.63) is 59.7 Å². The van der Waals surface area contributed by atoms with Gasteiger partial charge in [0.1, 0.15) is 0 Å². The number of aliphatic carboxylic acids is 1. The Morgan fingerprint density at radius 1 is 1.29 bits per heavy atom. The summed E-state index contributed by atoms with van der Waals surface area (Å²) >= 11 is 0. The van der Waals surface area contributed by atoms with E-state index in [4.69, 9.17) is 15.6 Å². The summed E-state index contributed by atoms with van der Waals surface area (Å²) in [5.41, 5.74) is 8.16. The van der Waals surface area contributed by atoms with Gasteiger partial charge in [-0.3, -0.25) is 4.79 Å². The summed E-state index contributed by atoms with van der Waals surface area (Å²) < 4.78 is 5.64. The van der Waals surface area contributed by atoms with Gasteiger partial charge in [-0.05, 0) is 18.9 Å². The first kappa shape index (κ1) is 20.1. The zero-order valence-electron chi connectivity index (χ0n) is 15.0. The summed E-state index contributed by atoms with van der Waals surface area (Å²) in [6.07, 6.45) is 6.70. The number of carboxylic acid groups (broad SMARTS) is 1. The molecule has 4 nitrogen and oxygen atoms in total. The predicted octanol–water partition coefficient (Wildman–Crippen LogP) is 3.43. The molecule has 0 saturated carbocycles. The van der Waals surface area contributed by atoms with Crippen LogP contribution in [0.15, 0.2) is 54.1 Å². The van der Waals surface area contributed by atoms with E-state index in [9.17, 15) is 4.79 Å². The Balaban J connectivity index is 2.69. The highest BCUT2D eigenvalue weighted by Crippen LogP contribution is 2.17. The van der Waals surface area contributed by atoms with Gasteiger partial charge in [-0.15, -0.1) is 0 Å². The van der Waals surface area contributed by atoms with Crippen molar-refractivity contribution < 1.29 is 14.6 Å². The van der Waals surface area contributed by atoms with E-state index < -0.39 is 17.9 Å². The van der Waals surface area contributed by atoms with Crippen LogP contribution in [0, 0.1) is 11.8 Å². The predicted molar refractivity (Wildman–Crippen MR) is 97.8 cm³/mol. The smallest absolute Gasteiger partial charge is 0.308 e. The third-order valence-electron chi connectivity index (χ3n) is 4.24. The van der Waals surface area contributed by atoms with Gasteiger partial charge in [0.15, 0.2) is 0 Å². The fraction of sp³-hybridized carbons (Fsp3) is 0.450. The molecule has 132 valence electrons. The summed E-state index contributed by atoms with van der Waals surface area (Å²) in [5, 5.41) is 8.96. The molecule has 0 fully saturated rings. The highest BCUT2D eigenvalue weighted by Gasteiger charge is 2.17. The van der Waals surface area contributed by atoms with Crippen molar-refractivity contribution in [3.8, 4) is 0 Å². The molecule has 0 bridgehead atoms. The summed E-state index contributed by atoms with van der Waals surface area (Å²) in [6.45, 7) is 5.72. The van der Waals surface area contributed by atoms with E-state index in [2.05, 4.69) is 25.1 Å². The van der Waals surface area contributed by atoms with Crippen LogP contribution >= 0.6 is 0 Å². The minimum Gasteiger partial charge on any atom is -0.481 e. The molecule has 4 unspecified atom stereocenters. The van der Waals surface area contributed by atoms with Gasteiger partial charge < -0.3 is 15.6 Å². The number of nitrogens with two attached hydrogens (primary N) is 1. The van der Waals surface area contributed by atoms with Crippen LogP contribution in [0.1, 0.15) is 26.3 Å². The van der Waals surface area contributed by atoms with Gasteiger partial charge in [-0.1, -0.05) is 68.0 Å². The normalized spacial score (nSPS) is 17.5. The van der Waals surface area contributed by atoms with Crippen LogP contribution in [0.25, 0.3) is 0 Å². The average molecular weight is 331 g/mol. The molecule has 1 aromatic carbocycles. The molecule has 0 aromatic heterocycles. The average Bonchev–Trinajstić information content (AvgIpc) is 2.57. The summed E-state index contributed by atoms with van der Waals surface area (Å²) in [7, 11) is 1.73. The molecule has 24 heavy (non-hydrogen) atoms. The minimum absolute atomic E-state index is 0.0855. The third-order valence-corrected chi connectivity index (χ3v) is 4.24. The molecule has 0 aliphatic carbocycles. The summed E-state index contributed by atoms with van der Waals surface area (Å²) in [5.74, 6) is -1.26. The second-order valence-electron chi connectivity index (χ2n) is 6.30. The monoisotopic (exact) mass is 331 g/mol. The molecular formula is C20H29NO3. The van der Waals surface area contributed by atoms with E-state index in [1.165, 1.54) is 5.56 Å². The van der Waals surface area contributed by atoms with Crippen molar-refractivity contribution in [2.45, 2.75) is 39.3 Å². The maximum atomic E-state index is 10.9. The molecule has 3 N–H and O–H groups in total. The Morgan fingerprint density at radius 3 is 2.46 bits per heavy atom. The second kappa shape index (κ2) is 10.1. The molecule has 1 rings (SSSR count). The van der Waals surface area contributed by atoms with Crippen LogP contribution in [0.5, 0.6) is 0 Å². The quantitative estimate of drug-likeness (QED) is 0.680. The molecule has 0 amide bonds. The molecule has 0 radical (unpaired) electrons. The van der Waals surface area contributed by atoms with E-state index in [0.717, 1.165) is 12.0 Å². The molecule has 0 aliphatic rings. The van der Waals surface area contributed by atoms with E-state index in [1.807, 2.05) is 31.2 Å². The Hall–Kier alpha value is -1.91. The molecule has 1 aromatic rings. The Morgan fingerprint density at radius 2 is 1.92 bits per heavy atom. The van der Waals surface area contributed by atoms with Gasteiger partial charge in [-0.2, -0.15) is 0 Å². The van der Waals surface area contributed by atoms with Gasteiger partial charge in [0.2, 0.25) is 0 Å². The lowest BCUT2D eigenvalue weighted by Crippen LogP contribution is -2.31. The largest absolute Gasteiger partial charge is 0.481 e. The Bertz CT molecular complexity index is 566. The Labute approximate surface area is 145 Å². The molecule has 0 heterocycles. The molecule has 0 aliphatic heterocycles. The van der Waals surface area contributed by atoms with Crippen LogP contribution < -0.4 is 5.73 Å². The highest BCUT2D eigenvalue weighted by atomic mass is 16.5. The Kier molecular flexibility index (Phi) is 8.44. The summed E-state index contributed by atoms with van der Waals surface area (Å²) in [6, 6.07) is 9.76. The maximum absolute atomic E-state index is 10.9. The number of methoxy groups -OCH3 is 1. The second-order valence-corrected chi connectivity index (χ2v) is 6.30. The van der Waals surface area contributed by atoms with E-state index in [0.29, 0.717) is 0 Å². The third kappa shape index (κ3) is 6.69. The number of carbonyl (C=O) groups is 1. The van der Waals surface area contributed by atoms with Gasteiger partial charge in [-0.25, -0.2) is 0 Å². The number of hydrogen-bond donors (Lipinski definition) is 2. The van der Waals surface area contributed by atoms with Crippen molar-refractivity contribution in [3.63, 3.8) is 0 Å². The lowest BCUT2D eigenvalue weighted by atomic mass is 9.95. The standard InChI is InChI=1S/C20H29NO3/c1-14(10-11-18(21)16(3)20(22)23)12-15(2)19(24-4)13-17-8-6-5-7-9-17/h5-12,15-16,18-19H,13,21H2,1-4H3,(H,22,23)/b11-10+,14-12+. The fourth-order valence-corrected chi connectivity index (χ4v) is 2.50. The topological polar surface area (TPSA) is 72.5 Å². The number of allylic oxidation sites excluding steroid dienone is 2. The van der Waals surface area contributed by atoms with E-state index in [1.54, 1.807) is 20.1 Å². The minimum atomic E-state index is -0.885. The first-order valence-electron chi connectivity index (χ1n) is 8.26. The molecule has 4 atom stereocenters. The van der Waals surface area contributed by atoms with Gasteiger partial charge in [0, 0.05) is 19.1 Å². The van der Waals surface area contributed by atoms with Gasteiger partial charge in [0.05, 0.1) is 12.0 Å². The van der Waals surface area contributed by atoms with Crippen LogP contribution in [0.4, 0.5) is 0 Å². The molecule has 0 saturated heterocycles. The number of benzene rings is 1. The first-order valence-corrected chi connectivity index (χ1v) is 8.26. The molecule has 4 heteroatoms. The highest BCUT2D eigenvalue weighted by molar-refractivity contribution is 5.70. The van der Waals surface area contributed by atoms with Crippen LogP contribution in [-0.4, -0.2) is 30.3 Å².